The van der Waals surface area contributed by atoms with Crippen LogP contribution >= 0.6 is 24.0 Å². The Morgan fingerprint density at radius 2 is 2.04 bits per heavy atom. The predicted molar refractivity (Wildman–Crippen MR) is 103 cm³/mol. The maximum Gasteiger partial charge on any atom is 0.191 e. The quantitative estimate of drug-likeness (QED) is 0.433. The SMILES string of the molecule is CN=C(NCc1ccc(N2CCOCC2)c(F)c1)NC(C)C.I. The van der Waals surface area contributed by atoms with E-state index < -0.39 is 0 Å². The summed E-state index contributed by atoms with van der Waals surface area (Å²) in [5.41, 5.74) is 1.54. The molecule has 0 aromatic heterocycles. The number of nitrogens with zero attached hydrogens (tertiary/aromatic N) is 2. The van der Waals surface area contributed by atoms with E-state index in [9.17, 15) is 4.39 Å². The summed E-state index contributed by atoms with van der Waals surface area (Å²) in [6.45, 7) is 7.40. The van der Waals surface area contributed by atoms with Crippen LogP contribution in [0, 0.1) is 5.82 Å². The van der Waals surface area contributed by atoms with Crippen LogP contribution in [0.5, 0.6) is 0 Å². The van der Waals surface area contributed by atoms with Crippen LogP contribution in [-0.2, 0) is 11.3 Å². The second kappa shape index (κ2) is 9.92. The van der Waals surface area contributed by atoms with Crippen LogP contribution in [0.3, 0.4) is 0 Å². The van der Waals surface area contributed by atoms with Gasteiger partial charge in [-0.15, -0.1) is 24.0 Å². The maximum atomic E-state index is 14.3. The first-order chi connectivity index (χ1) is 10.6. The van der Waals surface area contributed by atoms with Gasteiger partial charge in [-0.2, -0.15) is 0 Å². The van der Waals surface area contributed by atoms with Gasteiger partial charge < -0.3 is 20.3 Å². The number of morpholine rings is 1. The summed E-state index contributed by atoms with van der Waals surface area (Å²) in [6.07, 6.45) is 0. The van der Waals surface area contributed by atoms with Crippen molar-refractivity contribution in [3.8, 4) is 0 Å². The molecule has 0 radical (unpaired) electrons. The number of benzene rings is 1. The summed E-state index contributed by atoms with van der Waals surface area (Å²) in [7, 11) is 1.72. The number of hydrogen-bond acceptors (Lipinski definition) is 3. The normalized spacial score (nSPS) is 15.3. The van der Waals surface area contributed by atoms with Crippen molar-refractivity contribution in [3.05, 3.63) is 29.6 Å². The molecule has 1 aliphatic rings. The first-order valence-electron chi connectivity index (χ1n) is 7.68. The van der Waals surface area contributed by atoms with E-state index in [1.54, 1.807) is 13.1 Å². The molecule has 1 heterocycles. The van der Waals surface area contributed by atoms with Crippen molar-refractivity contribution in [2.45, 2.75) is 26.4 Å². The highest BCUT2D eigenvalue weighted by Gasteiger charge is 2.15. The van der Waals surface area contributed by atoms with Gasteiger partial charge >= 0.3 is 0 Å². The van der Waals surface area contributed by atoms with E-state index in [4.69, 9.17) is 4.74 Å². The average Bonchev–Trinajstić information content (AvgIpc) is 2.52. The van der Waals surface area contributed by atoms with Gasteiger partial charge in [-0.1, -0.05) is 6.07 Å². The molecule has 0 aliphatic carbocycles. The molecule has 0 atom stereocenters. The lowest BCUT2D eigenvalue weighted by Crippen LogP contribution is -2.40. The number of halogens is 2. The third kappa shape index (κ3) is 6.14. The Kier molecular flexibility index (Phi) is 8.60. The van der Waals surface area contributed by atoms with Gasteiger partial charge in [0.25, 0.3) is 0 Å². The van der Waals surface area contributed by atoms with Gasteiger partial charge in [-0.25, -0.2) is 4.39 Å². The Bertz CT molecular complexity index is 519. The fourth-order valence-corrected chi connectivity index (χ4v) is 2.37. The van der Waals surface area contributed by atoms with Crippen molar-refractivity contribution in [1.29, 1.82) is 0 Å². The Balaban J connectivity index is 0.00000264. The first kappa shape index (κ1) is 20.0. The second-order valence-corrected chi connectivity index (χ2v) is 5.61. The number of anilines is 1. The molecule has 1 saturated heterocycles. The van der Waals surface area contributed by atoms with Crippen LogP contribution in [0.4, 0.5) is 10.1 Å². The number of rotatable bonds is 4. The molecule has 0 spiro atoms. The van der Waals surface area contributed by atoms with Crippen molar-refractivity contribution in [2.24, 2.45) is 4.99 Å². The molecule has 2 N–H and O–H groups in total. The van der Waals surface area contributed by atoms with Gasteiger partial charge in [-0.05, 0) is 31.5 Å². The average molecular weight is 436 g/mol. The summed E-state index contributed by atoms with van der Waals surface area (Å²) >= 11 is 0. The fourth-order valence-electron chi connectivity index (χ4n) is 2.37. The lowest BCUT2D eigenvalue weighted by molar-refractivity contribution is 0.122. The molecule has 7 heteroatoms. The minimum Gasteiger partial charge on any atom is -0.378 e. The molecule has 1 aromatic rings. The summed E-state index contributed by atoms with van der Waals surface area (Å²) in [5, 5.41) is 6.38. The van der Waals surface area contributed by atoms with E-state index in [0.29, 0.717) is 37.4 Å². The monoisotopic (exact) mass is 436 g/mol. The van der Waals surface area contributed by atoms with Crippen LogP contribution in [-0.4, -0.2) is 45.4 Å². The van der Waals surface area contributed by atoms with E-state index in [2.05, 4.69) is 15.6 Å². The maximum absolute atomic E-state index is 14.3. The van der Waals surface area contributed by atoms with Gasteiger partial charge in [-0.3, -0.25) is 4.99 Å². The zero-order valence-electron chi connectivity index (χ0n) is 13.9. The van der Waals surface area contributed by atoms with Gasteiger partial charge in [0, 0.05) is 32.7 Å². The molecular formula is C16H26FIN4O. The standard InChI is InChI=1S/C16H25FN4O.HI/c1-12(2)20-16(18-3)19-11-13-4-5-15(14(17)10-13)21-6-8-22-9-7-21;/h4-5,10,12H,6-9,11H2,1-3H3,(H2,18,19,20);1H. The van der Waals surface area contributed by atoms with E-state index in [1.165, 1.54) is 0 Å². The molecule has 1 fully saturated rings. The number of ether oxygens (including phenoxy) is 1. The molecule has 130 valence electrons. The van der Waals surface area contributed by atoms with Crippen molar-refractivity contribution >= 4 is 35.6 Å². The Hall–Kier alpha value is -1.09. The number of hydrogen-bond donors (Lipinski definition) is 2. The van der Waals surface area contributed by atoms with Gasteiger partial charge in [0.2, 0.25) is 0 Å². The summed E-state index contributed by atoms with van der Waals surface area (Å²) in [4.78, 5) is 6.16. The highest BCUT2D eigenvalue weighted by Crippen LogP contribution is 2.21. The molecule has 23 heavy (non-hydrogen) atoms. The molecule has 0 amide bonds. The van der Waals surface area contributed by atoms with Crippen LogP contribution in [0.2, 0.25) is 0 Å². The largest absolute Gasteiger partial charge is 0.378 e. The van der Waals surface area contributed by atoms with E-state index in [-0.39, 0.29) is 29.8 Å². The smallest absolute Gasteiger partial charge is 0.191 e. The van der Waals surface area contributed by atoms with Crippen LogP contribution in [0.25, 0.3) is 0 Å². The lowest BCUT2D eigenvalue weighted by atomic mass is 10.1. The minimum absolute atomic E-state index is 0. The van der Waals surface area contributed by atoms with Crippen LogP contribution in [0.15, 0.2) is 23.2 Å². The Morgan fingerprint density at radius 3 is 2.61 bits per heavy atom. The molecule has 0 unspecified atom stereocenters. The second-order valence-electron chi connectivity index (χ2n) is 5.61. The number of guanidine groups is 1. The van der Waals surface area contributed by atoms with E-state index in [0.717, 1.165) is 18.7 Å². The van der Waals surface area contributed by atoms with Gasteiger partial charge in [0.1, 0.15) is 5.82 Å². The lowest BCUT2D eigenvalue weighted by Gasteiger charge is -2.29. The van der Waals surface area contributed by atoms with E-state index in [1.807, 2.05) is 30.9 Å². The summed E-state index contributed by atoms with van der Waals surface area (Å²) in [5.74, 6) is 0.528. The molecule has 5 nitrogen and oxygen atoms in total. The zero-order valence-corrected chi connectivity index (χ0v) is 16.3. The van der Waals surface area contributed by atoms with Crippen molar-refractivity contribution in [1.82, 2.24) is 10.6 Å². The van der Waals surface area contributed by atoms with E-state index >= 15 is 0 Å². The molecule has 2 rings (SSSR count). The third-order valence-corrected chi connectivity index (χ3v) is 3.47. The minimum atomic E-state index is -0.187. The fraction of sp³-hybridized carbons (Fsp3) is 0.562. The molecule has 0 saturated carbocycles. The van der Waals surface area contributed by atoms with Gasteiger partial charge in [0.05, 0.1) is 18.9 Å². The van der Waals surface area contributed by atoms with Gasteiger partial charge in [0.15, 0.2) is 5.96 Å². The Labute approximate surface area is 154 Å². The summed E-state index contributed by atoms with van der Waals surface area (Å²) in [6, 6.07) is 5.67. The molecular weight excluding hydrogens is 410 g/mol. The van der Waals surface area contributed by atoms with Crippen molar-refractivity contribution in [3.63, 3.8) is 0 Å². The third-order valence-electron chi connectivity index (χ3n) is 3.47. The molecule has 0 bridgehead atoms. The van der Waals surface area contributed by atoms with Crippen LogP contribution < -0.4 is 15.5 Å². The first-order valence-corrected chi connectivity index (χ1v) is 7.68. The number of aliphatic imine (C=N–C) groups is 1. The number of nitrogens with one attached hydrogen (secondary N) is 2. The highest BCUT2D eigenvalue weighted by molar-refractivity contribution is 14.0. The zero-order chi connectivity index (χ0) is 15.9. The van der Waals surface area contributed by atoms with Crippen LogP contribution in [0.1, 0.15) is 19.4 Å². The molecule has 1 aliphatic heterocycles. The summed E-state index contributed by atoms with van der Waals surface area (Å²) < 4.78 is 19.6. The molecule has 1 aromatic carbocycles. The predicted octanol–water partition coefficient (Wildman–Crippen LogP) is 2.35. The Morgan fingerprint density at radius 1 is 1.35 bits per heavy atom. The van der Waals surface area contributed by atoms with Crippen molar-refractivity contribution in [2.75, 3.05) is 38.3 Å². The topological polar surface area (TPSA) is 48.9 Å². The highest BCUT2D eigenvalue weighted by atomic mass is 127. The van der Waals surface area contributed by atoms with Crippen molar-refractivity contribution < 1.29 is 9.13 Å².